The van der Waals surface area contributed by atoms with Gasteiger partial charge in [0.05, 0.1) is 0 Å². The average Bonchev–Trinajstić information content (AvgIpc) is 2.60. The van der Waals surface area contributed by atoms with Gasteiger partial charge in [-0.05, 0) is 69.2 Å². The molecule has 0 spiro atoms. The van der Waals surface area contributed by atoms with Crippen LogP contribution in [0.1, 0.15) is 35.3 Å². The second-order valence-corrected chi connectivity index (χ2v) is 6.31. The summed E-state index contributed by atoms with van der Waals surface area (Å²) in [5.74, 6) is -0.216. The summed E-state index contributed by atoms with van der Waals surface area (Å²) < 4.78 is 0. The van der Waals surface area contributed by atoms with Crippen LogP contribution >= 0.6 is 12.2 Å². The number of nitrogens with one attached hydrogen (secondary N) is 2. The number of amides is 1. The SMILES string of the molecule is CCN(CC)c1cc(NC(=S)NC(=O)c2ccccc2)c(C)cc1C. The van der Waals surface area contributed by atoms with Crippen molar-refractivity contribution in [2.75, 3.05) is 23.3 Å². The molecule has 0 radical (unpaired) electrons. The molecule has 1 amide bonds. The Bertz CT molecular complexity index is 755. The Hall–Kier alpha value is -2.40. The average molecular weight is 356 g/mol. The van der Waals surface area contributed by atoms with Crippen molar-refractivity contribution in [2.45, 2.75) is 27.7 Å². The van der Waals surface area contributed by atoms with Gasteiger partial charge in [-0.15, -0.1) is 0 Å². The molecule has 5 heteroatoms. The number of hydrogen-bond donors (Lipinski definition) is 2. The molecule has 0 aliphatic heterocycles. The first-order chi connectivity index (χ1) is 12.0. The summed E-state index contributed by atoms with van der Waals surface area (Å²) in [5.41, 5.74) is 4.98. The van der Waals surface area contributed by atoms with Gasteiger partial charge in [-0.1, -0.05) is 24.3 Å². The van der Waals surface area contributed by atoms with Crippen LogP contribution in [0.4, 0.5) is 11.4 Å². The molecule has 0 aliphatic carbocycles. The van der Waals surface area contributed by atoms with Crippen molar-refractivity contribution in [3.63, 3.8) is 0 Å². The van der Waals surface area contributed by atoms with E-state index >= 15 is 0 Å². The lowest BCUT2D eigenvalue weighted by molar-refractivity contribution is 0.0977. The molecule has 2 N–H and O–H groups in total. The first-order valence-electron chi connectivity index (χ1n) is 8.49. The van der Waals surface area contributed by atoms with E-state index in [-0.39, 0.29) is 5.91 Å². The molecule has 0 aromatic heterocycles. The second-order valence-electron chi connectivity index (χ2n) is 5.90. The Balaban J connectivity index is 2.15. The van der Waals surface area contributed by atoms with Gasteiger partial charge in [-0.2, -0.15) is 0 Å². The molecular formula is C20H25N3OS. The van der Waals surface area contributed by atoms with Gasteiger partial charge in [0, 0.05) is 30.0 Å². The Morgan fingerprint density at radius 3 is 2.28 bits per heavy atom. The zero-order valence-electron chi connectivity index (χ0n) is 15.2. The maximum atomic E-state index is 12.2. The van der Waals surface area contributed by atoms with Gasteiger partial charge in [0.25, 0.3) is 5.91 Å². The van der Waals surface area contributed by atoms with E-state index in [1.54, 1.807) is 12.1 Å². The number of benzene rings is 2. The van der Waals surface area contributed by atoms with Crippen molar-refractivity contribution >= 4 is 34.6 Å². The highest BCUT2D eigenvalue weighted by molar-refractivity contribution is 7.80. The van der Waals surface area contributed by atoms with E-state index in [9.17, 15) is 4.79 Å². The zero-order chi connectivity index (χ0) is 18.4. The largest absolute Gasteiger partial charge is 0.372 e. The smallest absolute Gasteiger partial charge is 0.257 e. The van der Waals surface area contributed by atoms with Gasteiger partial charge in [0.15, 0.2) is 5.11 Å². The first kappa shape index (κ1) is 18.9. The van der Waals surface area contributed by atoms with Gasteiger partial charge in [0.2, 0.25) is 0 Å². The summed E-state index contributed by atoms with van der Waals surface area (Å²) in [4.78, 5) is 14.5. The summed E-state index contributed by atoms with van der Waals surface area (Å²) in [6, 6.07) is 13.3. The molecule has 0 heterocycles. The zero-order valence-corrected chi connectivity index (χ0v) is 16.0. The fourth-order valence-corrected chi connectivity index (χ4v) is 3.00. The van der Waals surface area contributed by atoms with Crippen LogP contribution in [0.5, 0.6) is 0 Å². The van der Waals surface area contributed by atoms with E-state index in [1.807, 2.05) is 25.1 Å². The maximum Gasteiger partial charge on any atom is 0.257 e. The van der Waals surface area contributed by atoms with Crippen LogP contribution in [0.25, 0.3) is 0 Å². The third-order valence-corrected chi connectivity index (χ3v) is 4.36. The van der Waals surface area contributed by atoms with E-state index < -0.39 is 0 Å². The highest BCUT2D eigenvalue weighted by atomic mass is 32.1. The molecular weight excluding hydrogens is 330 g/mol. The van der Waals surface area contributed by atoms with Gasteiger partial charge in [-0.25, -0.2) is 0 Å². The number of thiocarbonyl (C=S) groups is 1. The molecule has 0 atom stereocenters. The number of carbonyl (C=O) groups excluding carboxylic acids is 1. The van der Waals surface area contributed by atoms with Crippen LogP contribution in [-0.2, 0) is 0 Å². The van der Waals surface area contributed by atoms with E-state index in [2.05, 4.69) is 48.4 Å². The Labute approximate surface area is 155 Å². The van der Waals surface area contributed by atoms with Crippen LogP contribution in [0, 0.1) is 13.8 Å². The van der Waals surface area contributed by atoms with Crippen LogP contribution in [0.2, 0.25) is 0 Å². The molecule has 4 nitrogen and oxygen atoms in total. The third-order valence-electron chi connectivity index (χ3n) is 4.16. The molecule has 0 fully saturated rings. The fourth-order valence-electron chi connectivity index (χ4n) is 2.80. The van der Waals surface area contributed by atoms with Crippen molar-refractivity contribution in [1.29, 1.82) is 0 Å². The van der Waals surface area contributed by atoms with E-state index in [0.717, 1.165) is 24.3 Å². The highest BCUT2D eigenvalue weighted by Crippen LogP contribution is 2.27. The monoisotopic (exact) mass is 355 g/mol. The number of anilines is 2. The minimum absolute atomic E-state index is 0.216. The van der Waals surface area contributed by atoms with Crippen molar-refractivity contribution in [3.05, 3.63) is 59.2 Å². The number of nitrogens with zero attached hydrogens (tertiary/aromatic N) is 1. The van der Waals surface area contributed by atoms with Crippen LogP contribution in [0.3, 0.4) is 0 Å². The number of hydrogen-bond acceptors (Lipinski definition) is 3. The maximum absolute atomic E-state index is 12.2. The van der Waals surface area contributed by atoms with E-state index in [4.69, 9.17) is 12.2 Å². The van der Waals surface area contributed by atoms with Crippen molar-refractivity contribution < 1.29 is 4.79 Å². The summed E-state index contributed by atoms with van der Waals surface area (Å²) >= 11 is 5.31. The van der Waals surface area contributed by atoms with E-state index in [0.29, 0.717) is 10.7 Å². The van der Waals surface area contributed by atoms with Gasteiger partial charge in [-0.3, -0.25) is 10.1 Å². The number of rotatable bonds is 5. The Kier molecular flexibility index (Phi) is 6.53. The number of aryl methyl sites for hydroxylation is 2. The fraction of sp³-hybridized carbons (Fsp3) is 0.300. The first-order valence-corrected chi connectivity index (χ1v) is 8.90. The lowest BCUT2D eigenvalue weighted by Gasteiger charge is -2.25. The number of carbonyl (C=O) groups is 1. The van der Waals surface area contributed by atoms with Gasteiger partial charge >= 0.3 is 0 Å². The summed E-state index contributed by atoms with van der Waals surface area (Å²) in [6.45, 7) is 10.3. The minimum atomic E-state index is -0.216. The second kappa shape index (κ2) is 8.62. The molecule has 2 aromatic rings. The predicted molar refractivity (Wildman–Crippen MR) is 110 cm³/mol. The summed E-state index contributed by atoms with van der Waals surface area (Å²) in [5, 5.41) is 6.18. The highest BCUT2D eigenvalue weighted by Gasteiger charge is 2.12. The van der Waals surface area contributed by atoms with Crippen molar-refractivity contribution in [3.8, 4) is 0 Å². The molecule has 2 rings (SSSR count). The van der Waals surface area contributed by atoms with Crippen LogP contribution in [0.15, 0.2) is 42.5 Å². The topological polar surface area (TPSA) is 44.4 Å². The van der Waals surface area contributed by atoms with Crippen LogP contribution in [-0.4, -0.2) is 24.1 Å². The Morgan fingerprint density at radius 2 is 1.68 bits per heavy atom. The molecule has 0 unspecified atom stereocenters. The minimum Gasteiger partial charge on any atom is -0.372 e. The molecule has 0 bridgehead atoms. The third kappa shape index (κ3) is 4.79. The quantitative estimate of drug-likeness (QED) is 0.786. The molecule has 2 aromatic carbocycles. The summed E-state index contributed by atoms with van der Waals surface area (Å²) in [7, 11) is 0. The van der Waals surface area contributed by atoms with Crippen molar-refractivity contribution in [2.24, 2.45) is 0 Å². The van der Waals surface area contributed by atoms with Crippen LogP contribution < -0.4 is 15.5 Å². The Morgan fingerprint density at radius 1 is 1.04 bits per heavy atom. The lowest BCUT2D eigenvalue weighted by Crippen LogP contribution is -2.34. The molecule has 0 aliphatic rings. The summed E-state index contributed by atoms with van der Waals surface area (Å²) in [6.07, 6.45) is 0. The molecule has 25 heavy (non-hydrogen) atoms. The molecule has 0 saturated carbocycles. The van der Waals surface area contributed by atoms with E-state index in [1.165, 1.54) is 11.3 Å². The predicted octanol–water partition coefficient (Wildman–Crippen LogP) is 4.28. The molecule has 132 valence electrons. The van der Waals surface area contributed by atoms with Gasteiger partial charge in [0.1, 0.15) is 0 Å². The molecule has 0 saturated heterocycles. The van der Waals surface area contributed by atoms with Gasteiger partial charge < -0.3 is 10.2 Å². The normalized spacial score (nSPS) is 10.2. The van der Waals surface area contributed by atoms with Crippen molar-refractivity contribution in [1.82, 2.24) is 5.32 Å². The standard InChI is InChI=1S/C20H25N3OS/c1-5-23(6-2)18-13-17(14(3)12-15(18)4)21-20(25)22-19(24)16-10-8-7-9-11-16/h7-13H,5-6H2,1-4H3,(H2,21,22,24,25). The lowest BCUT2D eigenvalue weighted by atomic mass is 10.1.